The minimum absolute atomic E-state index is 0.283. The molecule has 2 atom stereocenters. The number of rotatable bonds is 4. The molecule has 3 heteroatoms. The van der Waals surface area contributed by atoms with Crippen LogP contribution in [0.15, 0.2) is 17.5 Å². The highest BCUT2D eigenvalue weighted by Gasteiger charge is 2.50. The lowest BCUT2D eigenvalue weighted by molar-refractivity contribution is -0.000620. The van der Waals surface area contributed by atoms with Crippen molar-refractivity contribution in [2.75, 3.05) is 13.1 Å². The van der Waals surface area contributed by atoms with Crippen LogP contribution in [0.1, 0.15) is 44.9 Å². The Bertz CT molecular complexity index is 426. The molecule has 1 saturated heterocycles. The molecule has 19 heavy (non-hydrogen) atoms. The van der Waals surface area contributed by atoms with Gasteiger partial charge in [-0.2, -0.15) is 0 Å². The average molecular weight is 278 g/mol. The van der Waals surface area contributed by atoms with E-state index in [-0.39, 0.29) is 5.54 Å². The van der Waals surface area contributed by atoms with Gasteiger partial charge in [-0.05, 0) is 50.5 Å². The van der Waals surface area contributed by atoms with E-state index in [9.17, 15) is 0 Å². The maximum absolute atomic E-state index is 3.83. The van der Waals surface area contributed by atoms with Crippen molar-refractivity contribution in [3.63, 3.8) is 0 Å². The molecule has 1 aromatic rings. The van der Waals surface area contributed by atoms with Crippen LogP contribution < -0.4 is 5.32 Å². The molecular formula is C16H26N2S. The molecule has 0 spiro atoms. The van der Waals surface area contributed by atoms with Gasteiger partial charge in [0.15, 0.2) is 0 Å². The van der Waals surface area contributed by atoms with Gasteiger partial charge in [-0.3, -0.25) is 4.90 Å². The highest BCUT2D eigenvalue weighted by atomic mass is 32.1. The summed E-state index contributed by atoms with van der Waals surface area (Å²) in [6.07, 6.45) is 4.04. The van der Waals surface area contributed by atoms with Gasteiger partial charge in [-0.15, -0.1) is 11.3 Å². The third kappa shape index (κ3) is 2.61. The maximum atomic E-state index is 3.83. The standard InChI is InChI=1S/C16H26N2S/c1-4-15(2)12-18(10-14-6-5-9-19-14)16(3,11-17-15)13-7-8-13/h5-6,9,13,17H,4,7-8,10-12H2,1-3H3. The van der Waals surface area contributed by atoms with E-state index < -0.39 is 0 Å². The Morgan fingerprint density at radius 2 is 2.21 bits per heavy atom. The predicted octanol–water partition coefficient (Wildman–Crippen LogP) is 3.49. The number of nitrogens with one attached hydrogen (secondary N) is 1. The largest absolute Gasteiger partial charge is 0.308 e. The number of hydrogen-bond acceptors (Lipinski definition) is 3. The Balaban J connectivity index is 1.80. The topological polar surface area (TPSA) is 15.3 Å². The second-order valence-electron chi connectivity index (χ2n) is 6.83. The summed E-state index contributed by atoms with van der Waals surface area (Å²) in [6.45, 7) is 10.6. The van der Waals surface area contributed by atoms with E-state index in [1.165, 1.54) is 30.7 Å². The van der Waals surface area contributed by atoms with Gasteiger partial charge >= 0.3 is 0 Å². The molecule has 3 rings (SSSR count). The fourth-order valence-corrected chi connectivity index (χ4v) is 4.05. The van der Waals surface area contributed by atoms with Crippen molar-refractivity contribution in [2.24, 2.45) is 5.92 Å². The fraction of sp³-hybridized carbons (Fsp3) is 0.750. The monoisotopic (exact) mass is 278 g/mol. The van der Waals surface area contributed by atoms with Crippen molar-refractivity contribution >= 4 is 11.3 Å². The normalized spacial score (nSPS) is 36.6. The molecule has 2 aliphatic rings. The lowest BCUT2D eigenvalue weighted by Gasteiger charge is -2.52. The number of hydrogen-bond donors (Lipinski definition) is 1. The molecule has 2 unspecified atom stereocenters. The zero-order chi connectivity index (χ0) is 13.5. The summed E-state index contributed by atoms with van der Waals surface area (Å²) in [6, 6.07) is 4.46. The molecule has 1 aliphatic carbocycles. The number of piperazine rings is 1. The summed E-state index contributed by atoms with van der Waals surface area (Å²) in [7, 11) is 0. The van der Waals surface area contributed by atoms with E-state index in [0.717, 1.165) is 19.0 Å². The van der Waals surface area contributed by atoms with E-state index in [1.807, 2.05) is 11.3 Å². The van der Waals surface area contributed by atoms with Gasteiger partial charge < -0.3 is 5.32 Å². The Morgan fingerprint density at radius 3 is 2.79 bits per heavy atom. The third-order valence-electron chi connectivity index (χ3n) is 5.30. The quantitative estimate of drug-likeness (QED) is 0.907. The van der Waals surface area contributed by atoms with Crippen LogP contribution >= 0.6 is 11.3 Å². The molecular weight excluding hydrogens is 252 g/mol. The van der Waals surface area contributed by atoms with Gasteiger partial charge in [0, 0.05) is 35.6 Å². The van der Waals surface area contributed by atoms with Crippen LogP contribution in [-0.4, -0.2) is 29.1 Å². The molecule has 2 fully saturated rings. The Morgan fingerprint density at radius 1 is 1.42 bits per heavy atom. The van der Waals surface area contributed by atoms with Gasteiger partial charge in [-0.1, -0.05) is 13.0 Å². The van der Waals surface area contributed by atoms with Gasteiger partial charge in [0.25, 0.3) is 0 Å². The molecule has 0 aromatic carbocycles. The first-order chi connectivity index (χ1) is 9.06. The highest BCUT2D eigenvalue weighted by Crippen LogP contribution is 2.45. The van der Waals surface area contributed by atoms with Gasteiger partial charge in [0.1, 0.15) is 0 Å². The van der Waals surface area contributed by atoms with Crippen LogP contribution in [-0.2, 0) is 6.54 Å². The molecule has 1 aliphatic heterocycles. The predicted molar refractivity (Wildman–Crippen MR) is 82.6 cm³/mol. The van der Waals surface area contributed by atoms with Crippen molar-refractivity contribution in [3.8, 4) is 0 Å². The van der Waals surface area contributed by atoms with Crippen LogP contribution in [0.25, 0.3) is 0 Å². The van der Waals surface area contributed by atoms with Crippen LogP contribution in [0.5, 0.6) is 0 Å². The fourth-order valence-electron chi connectivity index (χ4n) is 3.33. The first kappa shape index (κ1) is 13.6. The summed E-state index contributed by atoms with van der Waals surface area (Å²) in [4.78, 5) is 4.27. The summed E-state index contributed by atoms with van der Waals surface area (Å²) in [5.41, 5.74) is 0.643. The molecule has 106 valence electrons. The number of nitrogens with zero attached hydrogens (tertiary/aromatic N) is 1. The summed E-state index contributed by atoms with van der Waals surface area (Å²) in [5.74, 6) is 0.904. The van der Waals surface area contributed by atoms with Crippen LogP contribution in [0, 0.1) is 5.92 Å². The van der Waals surface area contributed by atoms with Crippen LogP contribution in [0.2, 0.25) is 0 Å². The molecule has 1 aromatic heterocycles. The molecule has 0 bridgehead atoms. The lowest BCUT2D eigenvalue weighted by Crippen LogP contribution is -2.68. The average Bonchev–Trinajstić information content (AvgIpc) is 3.14. The van der Waals surface area contributed by atoms with E-state index in [2.05, 4.69) is 48.5 Å². The SMILES string of the molecule is CCC1(C)CN(Cc2cccs2)C(C)(C2CC2)CN1. The van der Waals surface area contributed by atoms with E-state index in [4.69, 9.17) is 0 Å². The summed E-state index contributed by atoms with van der Waals surface area (Å²) >= 11 is 1.90. The molecule has 1 N–H and O–H groups in total. The minimum atomic E-state index is 0.283. The second kappa shape index (κ2) is 4.87. The Kier molecular flexibility index (Phi) is 3.48. The van der Waals surface area contributed by atoms with E-state index in [0.29, 0.717) is 5.54 Å². The van der Waals surface area contributed by atoms with Crippen LogP contribution in [0.4, 0.5) is 0 Å². The first-order valence-corrected chi connectivity index (χ1v) is 8.46. The van der Waals surface area contributed by atoms with Crippen molar-refractivity contribution in [1.82, 2.24) is 10.2 Å². The molecule has 1 saturated carbocycles. The molecule has 2 nitrogen and oxygen atoms in total. The van der Waals surface area contributed by atoms with E-state index >= 15 is 0 Å². The van der Waals surface area contributed by atoms with Crippen LogP contribution in [0.3, 0.4) is 0 Å². The van der Waals surface area contributed by atoms with Crippen molar-refractivity contribution in [3.05, 3.63) is 22.4 Å². The number of thiophene rings is 1. The smallest absolute Gasteiger partial charge is 0.0338 e. The Labute approximate surface area is 121 Å². The minimum Gasteiger partial charge on any atom is -0.308 e. The second-order valence-corrected chi connectivity index (χ2v) is 7.87. The van der Waals surface area contributed by atoms with Crippen molar-refractivity contribution in [2.45, 2.75) is 57.7 Å². The highest BCUT2D eigenvalue weighted by molar-refractivity contribution is 7.09. The molecule has 2 heterocycles. The lowest BCUT2D eigenvalue weighted by atomic mass is 9.84. The summed E-state index contributed by atoms with van der Waals surface area (Å²) in [5, 5.41) is 6.03. The van der Waals surface area contributed by atoms with E-state index in [1.54, 1.807) is 0 Å². The van der Waals surface area contributed by atoms with Gasteiger partial charge in [-0.25, -0.2) is 0 Å². The molecule has 0 amide bonds. The Hall–Kier alpha value is -0.380. The maximum Gasteiger partial charge on any atom is 0.0338 e. The molecule has 0 radical (unpaired) electrons. The van der Waals surface area contributed by atoms with Gasteiger partial charge in [0.2, 0.25) is 0 Å². The zero-order valence-electron chi connectivity index (χ0n) is 12.4. The zero-order valence-corrected chi connectivity index (χ0v) is 13.2. The first-order valence-electron chi connectivity index (χ1n) is 7.58. The summed E-state index contributed by atoms with van der Waals surface area (Å²) < 4.78 is 0. The van der Waals surface area contributed by atoms with Crippen molar-refractivity contribution < 1.29 is 0 Å². The third-order valence-corrected chi connectivity index (χ3v) is 6.16. The van der Waals surface area contributed by atoms with Crippen molar-refractivity contribution in [1.29, 1.82) is 0 Å². The van der Waals surface area contributed by atoms with Gasteiger partial charge in [0.05, 0.1) is 0 Å².